The summed E-state index contributed by atoms with van der Waals surface area (Å²) in [7, 11) is 0. The smallest absolute Gasteiger partial charge is 0.231 e. The van der Waals surface area contributed by atoms with Gasteiger partial charge in [-0.3, -0.25) is 0 Å². The number of hydrogen-bond acceptors (Lipinski definition) is 4. The number of nitrogens with zero attached hydrogens (tertiary/aromatic N) is 2. The summed E-state index contributed by atoms with van der Waals surface area (Å²) in [6.07, 6.45) is 2.30. The highest BCUT2D eigenvalue weighted by atomic mass is 16.5. The van der Waals surface area contributed by atoms with E-state index in [9.17, 15) is 0 Å². The summed E-state index contributed by atoms with van der Waals surface area (Å²) in [5, 5.41) is 7.45. The third-order valence-corrected chi connectivity index (χ3v) is 3.36. The first kappa shape index (κ1) is 11.4. The van der Waals surface area contributed by atoms with Crippen LogP contribution in [0.1, 0.15) is 30.2 Å². The minimum Gasteiger partial charge on any atom is -0.339 e. The van der Waals surface area contributed by atoms with Crippen molar-refractivity contribution in [1.29, 1.82) is 0 Å². The van der Waals surface area contributed by atoms with Crippen LogP contribution in [0.25, 0.3) is 11.4 Å². The third-order valence-electron chi connectivity index (χ3n) is 3.36. The fraction of sp³-hybridized carbons (Fsp3) is 0.429. The fourth-order valence-electron chi connectivity index (χ4n) is 2.37. The molecule has 0 spiro atoms. The van der Waals surface area contributed by atoms with Gasteiger partial charge in [0.1, 0.15) is 0 Å². The zero-order valence-electron chi connectivity index (χ0n) is 10.5. The molecule has 3 rings (SSSR count). The van der Waals surface area contributed by atoms with Crippen LogP contribution in [-0.4, -0.2) is 23.2 Å². The van der Waals surface area contributed by atoms with Gasteiger partial charge in [-0.15, -0.1) is 0 Å². The molecule has 0 aliphatic carbocycles. The predicted molar refractivity (Wildman–Crippen MR) is 69.3 cm³/mol. The molecule has 1 N–H and O–H groups in total. The van der Waals surface area contributed by atoms with Gasteiger partial charge in [-0.1, -0.05) is 28.9 Å². The van der Waals surface area contributed by atoms with Crippen LogP contribution < -0.4 is 5.32 Å². The molecule has 0 radical (unpaired) electrons. The monoisotopic (exact) mass is 243 g/mol. The number of nitrogens with one attached hydrogen (secondary N) is 1. The van der Waals surface area contributed by atoms with Gasteiger partial charge in [-0.05, 0) is 32.4 Å². The van der Waals surface area contributed by atoms with Crippen molar-refractivity contribution >= 4 is 0 Å². The first-order chi connectivity index (χ1) is 8.83. The van der Waals surface area contributed by atoms with Crippen LogP contribution in [0, 0.1) is 6.92 Å². The van der Waals surface area contributed by atoms with Gasteiger partial charge in [0, 0.05) is 12.1 Å². The Morgan fingerprint density at radius 2 is 2.33 bits per heavy atom. The van der Waals surface area contributed by atoms with Crippen molar-refractivity contribution in [3.8, 4) is 11.4 Å². The van der Waals surface area contributed by atoms with Gasteiger partial charge in [0.05, 0.1) is 5.92 Å². The first-order valence-corrected chi connectivity index (χ1v) is 6.44. The molecule has 1 aliphatic heterocycles. The Kier molecular flexibility index (Phi) is 3.11. The molecule has 1 atom stereocenters. The Bertz CT molecular complexity index is 529. The quantitative estimate of drug-likeness (QED) is 0.880. The highest BCUT2D eigenvalue weighted by Gasteiger charge is 2.21. The van der Waals surface area contributed by atoms with E-state index in [1.165, 1.54) is 12.0 Å². The van der Waals surface area contributed by atoms with Gasteiger partial charge in [0.2, 0.25) is 11.7 Å². The van der Waals surface area contributed by atoms with E-state index >= 15 is 0 Å². The molecular formula is C14H17N3O. The molecule has 1 fully saturated rings. The average Bonchev–Trinajstić information content (AvgIpc) is 2.89. The molecule has 1 aliphatic rings. The Balaban J connectivity index is 1.84. The van der Waals surface area contributed by atoms with E-state index in [-0.39, 0.29) is 0 Å². The van der Waals surface area contributed by atoms with Crippen molar-refractivity contribution in [3.05, 3.63) is 35.7 Å². The lowest BCUT2D eigenvalue weighted by Gasteiger charge is -2.18. The molecule has 1 unspecified atom stereocenters. The number of hydrogen-bond donors (Lipinski definition) is 1. The molecule has 0 bridgehead atoms. The van der Waals surface area contributed by atoms with E-state index in [4.69, 9.17) is 4.52 Å². The normalized spacial score (nSPS) is 19.9. The molecule has 1 saturated heterocycles. The number of benzene rings is 1. The van der Waals surface area contributed by atoms with Gasteiger partial charge in [-0.25, -0.2) is 0 Å². The molecule has 2 heterocycles. The number of aryl methyl sites for hydroxylation is 1. The number of piperidine rings is 1. The van der Waals surface area contributed by atoms with Crippen LogP contribution in [0.15, 0.2) is 28.8 Å². The number of aromatic nitrogens is 2. The molecule has 4 heteroatoms. The maximum Gasteiger partial charge on any atom is 0.231 e. The van der Waals surface area contributed by atoms with E-state index in [0.29, 0.717) is 11.7 Å². The van der Waals surface area contributed by atoms with Gasteiger partial charge < -0.3 is 9.84 Å². The molecule has 18 heavy (non-hydrogen) atoms. The zero-order valence-corrected chi connectivity index (χ0v) is 10.5. The topological polar surface area (TPSA) is 51.0 Å². The second kappa shape index (κ2) is 4.90. The first-order valence-electron chi connectivity index (χ1n) is 6.44. The van der Waals surface area contributed by atoms with Crippen LogP contribution in [0.2, 0.25) is 0 Å². The lowest BCUT2D eigenvalue weighted by Crippen LogP contribution is -2.28. The lowest BCUT2D eigenvalue weighted by molar-refractivity contribution is 0.322. The van der Waals surface area contributed by atoms with Crippen molar-refractivity contribution in [1.82, 2.24) is 15.5 Å². The molecular weight excluding hydrogens is 226 g/mol. The minimum absolute atomic E-state index is 0.366. The van der Waals surface area contributed by atoms with Crippen molar-refractivity contribution in [2.75, 3.05) is 13.1 Å². The SMILES string of the molecule is Cc1cccc(-c2noc(C3CCCNC3)n2)c1. The Morgan fingerprint density at radius 1 is 1.39 bits per heavy atom. The zero-order chi connectivity index (χ0) is 12.4. The van der Waals surface area contributed by atoms with E-state index in [1.807, 2.05) is 12.1 Å². The van der Waals surface area contributed by atoms with E-state index in [0.717, 1.165) is 31.0 Å². The van der Waals surface area contributed by atoms with Crippen LogP contribution in [0.4, 0.5) is 0 Å². The van der Waals surface area contributed by atoms with Crippen LogP contribution in [-0.2, 0) is 0 Å². The Hall–Kier alpha value is -1.68. The molecule has 0 amide bonds. The van der Waals surface area contributed by atoms with Crippen LogP contribution in [0.3, 0.4) is 0 Å². The molecule has 1 aromatic heterocycles. The Labute approximate surface area is 106 Å². The van der Waals surface area contributed by atoms with Gasteiger partial charge >= 0.3 is 0 Å². The average molecular weight is 243 g/mol. The second-order valence-corrected chi connectivity index (χ2v) is 4.87. The predicted octanol–water partition coefficient (Wildman–Crippen LogP) is 2.51. The lowest BCUT2D eigenvalue weighted by atomic mass is 10.00. The Morgan fingerprint density at radius 3 is 3.11 bits per heavy atom. The minimum atomic E-state index is 0.366. The summed E-state index contributed by atoms with van der Waals surface area (Å²) in [5.41, 5.74) is 2.23. The summed E-state index contributed by atoms with van der Waals surface area (Å²) in [6, 6.07) is 8.17. The maximum atomic E-state index is 5.40. The van der Waals surface area contributed by atoms with E-state index in [1.54, 1.807) is 0 Å². The maximum absolute atomic E-state index is 5.40. The van der Waals surface area contributed by atoms with Crippen molar-refractivity contribution in [2.24, 2.45) is 0 Å². The summed E-state index contributed by atoms with van der Waals surface area (Å²) in [4.78, 5) is 4.53. The van der Waals surface area contributed by atoms with Crippen molar-refractivity contribution in [3.63, 3.8) is 0 Å². The van der Waals surface area contributed by atoms with Gasteiger partial charge in [0.25, 0.3) is 0 Å². The highest BCUT2D eigenvalue weighted by Crippen LogP contribution is 2.24. The summed E-state index contributed by atoms with van der Waals surface area (Å²) in [6.45, 7) is 4.10. The second-order valence-electron chi connectivity index (χ2n) is 4.87. The van der Waals surface area contributed by atoms with E-state index in [2.05, 4.69) is 34.5 Å². The van der Waals surface area contributed by atoms with E-state index < -0.39 is 0 Å². The fourth-order valence-corrected chi connectivity index (χ4v) is 2.37. The standard InChI is InChI=1S/C14H17N3O/c1-10-4-2-5-11(8-10)13-16-14(18-17-13)12-6-3-7-15-9-12/h2,4-5,8,12,15H,3,6-7,9H2,1H3. The largest absolute Gasteiger partial charge is 0.339 e. The third kappa shape index (κ3) is 2.29. The highest BCUT2D eigenvalue weighted by molar-refractivity contribution is 5.55. The molecule has 0 saturated carbocycles. The molecule has 1 aromatic carbocycles. The van der Waals surface area contributed by atoms with Crippen molar-refractivity contribution in [2.45, 2.75) is 25.7 Å². The van der Waals surface area contributed by atoms with Crippen LogP contribution >= 0.6 is 0 Å². The summed E-state index contributed by atoms with van der Waals surface area (Å²) < 4.78 is 5.40. The van der Waals surface area contributed by atoms with Gasteiger partial charge in [0.15, 0.2) is 0 Å². The molecule has 4 nitrogen and oxygen atoms in total. The molecule has 2 aromatic rings. The number of rotatable bonds is 2. The summed E-state index contributed by atoms with van der Waals surface area (Å²) in [5.74, 6) is 1.82. The molecule has 94 valence electrons. The van der Waals surface area contributed by atoms with Crippen molar-refractivity contribution < 1.29 is 4.52 Å². The van der Waals surface area contributed by atoms with Crippen LogP contribution in [0.5, 0.6) is 0 Å². The summed E-state index contributed by atoms with van der Waals surface area (Å²) >= 11 is 0. The van der Waals surface area contributed by atoms with Gasteiger partial charge in [-0.2, -0.15) is 4.98 Å².